The van der Waals surface area contributed by atoms with Crippen LogP contribution in [-0.2, 0) is 16.1 Å². The van der Waals surface area contributed by atoms with Crippen LogP contribution in [0.4, 0.5) is 0 Å². The summed E-state index contributed by atoms with van der Waals surface area (Å²) < 4.78 is 6.74. The smallest absolute Gasteiger partial charge is 0.328 e. The van der Waals surface area contributed by atoms with Crippen molar-refractivity contribution in [3.63, 3.8) is 0 Å². The van der Waals surface area contributed by atoms with Gasteiger partial charge in [-0.2, -0.15) is 0 Å². The average molecular weight is 323 g/mol. The van der Waals surface area contributed by atoms with Gasteiger partial charge in [-0.25, -0.2) is 9.67 Å². The highest BCUT2D eigenvalue weighted by Crippen LogP contribution is 2.21. The summed E-state index contributed by atoms with van der Waals surface area (Å²) in [5.74, 6) is 0.694. The molecule has 0 saturated carbocycles. The fourth-order valence-electron chi connectivity index (χ4n) is 2.20. The number of carbonyl (C=O) groups is 1. The molecular formula is C17H17N5O2. The van der Waals surface area contributed by atoms with Crippen molar-refractivity contribution in [2.45, 2.75) is 26.5 Å². The van der Waals surface area contributed by atoms with Gasteiger partial charge in [0.15, 0.2) is 11.6 Å². The molecular weight excluding hydrogens is 306 g/mol. The lowest BCUT2D eigenvalue weighted by molar-refractivity contribution is -0.148. The van der Waals surface area contributed by atoms with E-state index < -0.39 is 0 Å². The summed E-state index contributed by atoms with van der Waals surface area (Å²) in [5.41, 5.74) is 1.55. The summed E-state index contributed by atoms with van der Waals surface area (Å²) in [6.07, 6.45) is 6.54. The molecule has 7 heteroatoms. The number of hydrogen-bond acceptors (Lipinski definition) is 6. The number of aromatic nitrogens is 5. The lowest BCUT2D eigenvalue weighted by Gasteiger charge is -2.09. The third-order valence-corrected chi connectivity index (χ3v) is 3.16. The number of nitrogens with zero attached hydrogens (tertiary/aromatic N) is 5. The van der Waals surface area contributed by atoms with Crippen LogP contribution in [0.1, 0.15) is 13.8 Å². The predicted octanol–water partition coefficient (Wildman–Crippen LogP) is 2.35. The van der Waals surface area contributed by atoms with Gasteiger partial charge in [0, 0.05) is 35.9 Å². The van der Waals surface area contributed by atoms with E-state index in [1.165, 1.54) is 4.68 Å². The summed E-state index contributed by atoms with van der Waals surface area (Å²) in [7, 11) is 0. The maximum atomic E-state index is 12.0. The molecule has 7 nitrogen and oxygen atoms in total. The highest BCUT2D eigenvalue weighted by Gasteiger charge is 2.17. The highest BCUT2D eigenvalue weighted by atomic mass is 16.5. The molecule has 0 bridgehead atoms. The minimum Gasteiger partial charge on any atom is -0.462 e. The third-order valence-electron chi connectivity index (χ3n) is 3.16. The van der Waals surface area contributed by atoms with Crippen molar-refractivity contribution in [3.8, 4) is 22.8 Å². The zero-order valence-corrected chi connectivity index (χ0v) is 13.5. The Morgan fingerprint density at radius 2 is 1.79 bits per heavy atom. The molecule has 24 heavy (non-hydrogen) atoms. The molecule has 3 heterocycles. The molecule has 0 amide bonds. The molecule has 0 unspecified atom stereocenters. The van der Waals surface area contributed by atoms with E-state index in [0.717, 1.165) is 11.1 Å². The lowest BCUT2D eigenvalue weighted by Crippen LogP contribution is -2.19. The van der Waals surface area contributed by atoms with Gasteiger partial charge in [0.2, 0.25) is 0 Å². The first kappa shape index (κ1) is 15.8. The average Bonchev–Trinajstić information content (AvgIpc) is 2.99. The maximum Gasteiger partial charge on any atom is 0.328 e. The Morgan fingerprint density at radius 1 is 1.12 bits per heavy atom. The standard InChI is InChI=1S/C17H17N5O2/c1-12(2)24-15(23)11-22-17(14-6-4-8-19-10-14)20-16(21-22)13-5-3-7-18-9-13/h3-10,12H,11H2,1-2H3. The van der Waals surface area contributed by atoms with Crippen molar-refractivity contribution < 1.29 is 9.53 Å². The second kappa shape index (κ2) is 6.99. The minimum atomic E-state index is -0.363. The molecule has 0 fully saturated rings. The number of rotatable bonds is 5. The van der Waals surface area contributed by atoms with Gasteiger partial charge in [-0.15, -0.1) is 5.10 Å². The molecule has 3 aromatic rings. The van der Waals surface area contributed by atoms with E-state index in [-0.39, 0.29) is 18.6 Å². The van der Waals surface area contributed by atoms with Gasteiger partial charge in [0.05, 0.1) is 6.10 Å². The van der Waals surface area contributed by atoms with Crippen LogP contribution in [0.2, 0.25) is 0 Å². The first-order valence-corrected chi connectivity index (χ1v) is 7.58. The van der Waals surface area contributed by atoms with Gasteiger partial charge in [0.1, 0.15) is 6.54 Å². The first-order chi connectivity index (χ1) is 11.6. The molecule has 0 aromatic carbocycles. The van der Waals surface area contributed by atoms with Crippen molar-refractivity contribution in [2.75, 3.05) is 0 Å². The van der Waals surface area contributed by atoms with Crippen molar-refractivity contribution in [1.82, 2.24) is 24.7 Å². The van der Waals surface area contributed by atoms with E-state index in [2.05, 4.69) is 20.1 Å². The number of hydrogen-bond donors (Lipinski definition) is 0. The summed E-state index contributed by atoms with van der Waals surface area (Å²) in [4.78, 5) is 24.7. The monoisotopic (exact) mass is 323 g/mol. The van der Waals surface area contributed by atoms with E-state index in [1.807, 2.05) is 38.1 Å². The normalized spacial score (nSPS) is 10.8. The van der Waals surface area contributed by atoms with Gasteiger partial charge in [-0.1, -0.05) is 0 Å². The molecule has 0 radical (unpaired) electrons. The number of esters is 1. The van der Waals surface area contributed by atoms with E-state index in [1.54, 1.807) is 24.8 Å². The molecule has 0 saturated heterocycles. The Labute approximate surface area is 139 Å². The second-order valence-electron chi connectivity index (χ2n) is 5.44. The molecule has 0 atom stereocenters. The van der Waals surface area contributed by atoms with Crippen molar-refractivity contribution in [2.24, 2.45) is 0 Å². The van der Waals surface area contributed by atoms with Crippen molar-refractivity contribution in [1.29, 1.82) is 0 Å². The molecule has 3 rings (SSSR count). The van der Waals surface area contributed by atoms with E-state index in [0.29, 0.717) is 11.6 Å². The van der Waals surface area contributed by atoms with Crippen LogP contribution in [-0.4, -0.2) is 36.8 Å². The van der Waals surface area contributed by atoms with Gasteiger partial charge in [-0.05, 0) is 38.1 Å². The number of pyridine rings is 2. The van der Waals surface area contributed by atoms with Crippen LogP contribution in [0.3, 0.4) is 0 Å². The van der Waals surface area contributed by atoms with Gasteiger partial charge >= 0.3 is 5.97 Å². The summed E-state index contributed by atoms with van der Waals surface area (Å²) in [6.45, 7) is 3.60. The zero-order valence-electron chi connectivity index (χ0n) is 13.5. The van der Waals surface area contributed by atoms with Crippen LogP contribution in [0.15, 0.2) is 49.1 Å². The quantitative estimate of drug-likeness (QED) is 0.670. The first-order valence-electron chi connectivity index (χ1n) is 7.58. The van der Waals surface area contributed by atoms with Gasteiger partial charge < -0.3 is 4.74 Å². The van der Waals surface area contributed by atoms with Crippen molar-refractivity contribution >= 4 is 5.97 Å². The number of carbonyl (C=O) groups excluding carboxylic acids is 1. The summed E-state index contributed by atoms with van der Waals surface area (Å²) >= 11 is 0. The molecule has 0 spiro atoms. The Balaban J connectivity index is 1.99. The number of ether oxygens (including phenoxy) is 1. The molecule has 0 aliphatic rings. The minimum absolute atomic E-state index is 0.0182. The summed E-state index contributed by atoms with van der Waals surface area (Å²) in [6, 6.07) is 7.36. The van der Waals surface area contributed by atoms with E-state index in [4.69, 9.17) is 4.74 Å². The van der Waals surface area contributed by atoms with E-state index in [9.17, 15) is 4.79 Å². The molecule has 0 N–H and O–H groups in total. The molecule has 0 aliphatic carbocycles. The summed E-state index contributed by atoms with van der Waals surface area (Å²) in [5, 5.41) is 4.44. The topological polar surface area (TPSA) is 82.8 Å². The maximum absolute atomic E-state index is 12.0. The van der Waals surface area contributed by atoms with E-state index >= 15 is 0 Å². The SMILES string of the molecule is CC(C)OC(=O)Cn1nc(-c2cccnc2)nc1-c1cccnc1. The Hall–Kier alpha value is -3.09. The molecule has 3 aromatic heterocycles. The third kappa shape index (κ3) is 3.62. The highest BCUT2D eigenvalue weighted by molar-refractivity contribution is 5.71. The predicted molar refractivity (Wildman–Crippen MR) is 87.7 cm³/mol. The van der Waals surface area contributed by atoms with Crippen LogP contribution in [0.5, 0.6) is 0 Å². The van der Waals surface area contributed by atoms with Crippen LogP contribution < -0.4 is 0 Å². The Bertz CT molecular complexity index is 816. The van der Waals surface area contributed by atoms with Crippen LogP contribution in [0.25, 0.3) is 22.8 Å². The zero-order chi connectivity index (χ0) is 16.9. The van der Waals surface area contributed by atoms with Gasteiger partial charge in [0.25, 0.3) is 0 Å². The molecule has 0 aliphatic heterocycles. The van der Waals surface area contributed by atoms with Crippen LogP contribution in [0, 0.1) is 0 Å². The lowest BCUT2D eigenvalue weighted by atomic mass is 10.2. The van der Waals surface area contributed by atoms with Crippen molar-refractivity contribution in [3.05, 3.63) is 49.1 Å². The Kier molecular flexibility index (Phi) is 4.60. The Morgan fingerprint density at radius 3 is 2.38 bits per heavy atom. The fraction of sp³-hybridized carbons (Fsp3) is 0.235. The molecule has 122 valence electrons. The van der Waals surface area contributed by atoms with Crippen LogP contribution >= 0.6 is 0 Å². The van der Waals surface area contributed by atoms with Gasteiger partial charge in [-0.3, -0.25) is 14.8 Å². The largest absolute Gasteiger partial charge is 0.462 e. The second-order valence-corrected chi connectivity index (χ2v) is 5.44. The fourth-order valence-corrected chi connectivity index (χ4v) is 2.20.